The van der Waals surface area contributed by atoms with Gasteiger partial charge in [0.25, 0.3) is 0 Å². The molecule has 6 heteroatoms. The topological polar surface area (TPSA) is 38.2 Å². The molecule has 0 aliphatic carbocycles. The van der Waals surface area contributed by atoms with Crippen LogP contribution in [0.5, 0.6) is 0 Å². The Morgan fingerprint density at radius 2 is 1.62 bits per heavy atom. The number of morpholine rings is 1. The van der Waals surface area contributed by atoms with E-state index in [1.165, 1.54) is 3.57 Å². The third-order valence-electron chi connectivity index (χ3n) is 4.00. The summed E-state index contributed by atoms with van der Waals surface area (Å²) < 4.78 is 6.68. The molecule has 24 heavy (non-hydrogen) atoms. The molecule has 1 aromatic heterocycles. The maximum Gasteiger partial charge on any atom is 0.162 e. The molecule has 0 spiro atoms. The molecule has 1 aliphatic rings. The van der Waals surface area contributed by atoms with Gasteiger partial charge in [-0.25, -0.2) is 9.97 Å². The van der Waals surface area contributed by atoms with Gasteiger partial charge in [0.05, 0.1) is 18.7 Å². The molecule has 0 radical (unpaired) electrons. The number of halogens is 2. The minimum atomic E-state index is 0. The summed E-state index contributed by atoms with van der Waals surface area (Å²) >= 11 is 2.31. The average Bonchev–Trinajstić information content (AvgIpc) is 2.62. The molecule has 1 saturated heterocycles. The van der Waals surface area contributed by atoms with E-state index >= 15 is 0 Å². The lowest BCUT2D eigenvalue weighted by molar-refractivity contribution is 0.122. The highest BCUT2D eigenvalue weighted by molar-refractivity contribution is 14.1. The van der Waals surface area contributed by atoms with Crippen molar-refractivity contribution in [2.75, 3.05) is 31.2 Å². The van der Waals surface area contributed by atoms with Crippen LogP contribution in [0.15, 0.2) is 48.5 Å². The van der Waals surface area contributed by atoms with Crippen molar-refractivity contribution in [3.63, 3.8) is 0 Å². The van der Waals surface area contributed by atoms with Gasteiger partial charge in [-0.2, -0.15) is 0 Å². The molecule has 1 aliphatic heterocycles. The number of fused-ring (bicyclic) bond motifs is 1. The summed E-state index contributed by atoms with van der Waals surface area (Å²) in [5.74, 6) is 1.79. The monoisotopic (exact) mass is 453 g/mol. The highest BCUT2D eigenvalue weighted by Gasteiger charge is 2.17. The highest BCUT2D eigenvalue weighted by atomic mass is 127. The van der Waals surface area contributed by atoms with E-state index < -0.39 is 0 Å². The van der Waals surface area contributed by atoms with Crippen LogP contribution >= 0.6 is 35.0 Å². The van der Waals surface area contributed by atoms with Crippen molar-refractivity contribution in [1.29, 1.82) is 0 Å². The normalized spacial score (nSPS) is 14.5. The molecule has 2 aromatic carbocycles. The van der Waals surface area contributed by atoms with Crippen LogP contribution < -0.4 is 4.90 Å². The zero-order valence-electron chi connectivity index (χ0n) is 13.0. The Hall–Kier alpha value is -1.44. The number of benzene rings is 2. The van der Waals surface area contributed by atoms with E-state index in [0.29, 0.717) is 0 Å². The van der Waals surface area contributed by atoms with Gasteiger partial charge in [-0.3, -0.25) is 0 Å². The molecule has 0 bridgehead atoms. The van der Waals surface area contributed by atoms with Crippen LogP contribution in [0.3, 0.4) is 0 Å². The molecule has 124 valence electrons. The van der Waals surface area contributed by atoms with Gasteiger partial charge in [0.15, 0.2) is 5.82 Å². The third kappa shape index (κ3) is 3.48. The minimum Gasteiger partial charge on any atom is -0.378 e. The predicted octanol–water partition coefficient (Wildman–Crippen LogP) is 4.16. The number of aromatic nitrogens is 2. The van der Waals surface area contributed by atoms with E-state index in [1.54, 1.807) is 0 Å². The smallest absolute Gasteiger partial charge is 0.162 e. The van der Waals surface area contributed by atoms with Crippen LogP contribution in [0.4, 0.5) is 5.82 Å². The standard InChI is InChI=1S/C18H16IN3O.ClH/c19-14-7-5-13(6-8-14)17-20-16-4-2-1-3-15(16)18(21-17)22-9-11-23-12-10-22;/h1-8H,9-12H2;1H. The summed E-state index contributed by atoms with van der Waals surface area (Å²) in [4.78, 5) is 11.9. The van der Waals surface area contributed by atoms with Gasteiger partial charge in [-0.15, -0.1) is 12.4 Å². The first-order valence-electron chi connectivity index (χ1n) is 7.67. The van der Waals surface area contributed by atoms with Crippen molar-refractivity contribution in [3.05, 3.63) is 52.1 Å². The second-order valence-corrected chi connectivity index (χ2v) is 6.74. The average molecular weight is 454 g/mol. The van der Waals surface area contributed by atoms with E-state index in [2.05, 4.69) is 63.9 Å². The minimum absolute atomic E-state index is 0. The van der Waals surface area contributed by atoms with Gasteiger partial charge in [0, 0.05) is 27.6 Å². The lowest BCUT2D eigenvalue weighted by atomic mass is 10.1. The number of rotatable bonds is 2. The zero-order chi connectivity index (χ0) is 15.6. The lowest BCUT2D eigenvalue weighted by Crippen LogP contribution is -2.37. The summed E-state index contributed by atoms with van der Waals surface area (Å²) in [5, 5.41) is 1.10. The first kappa shape index (κ1) is 17.4. The van der Waals surface area contributed by atoms with Crippen molar-refractivity contribution >= 4 is 51.7 Å². The van der Waals surface area contributed by atoms with Gasteiger partial charge in [-0.05, 0) is 46.9 Å². The molecule has 0 atom stereocenters. The van der Waals surface area contributed by atoms with Gasteiger partial charge in [0.2, 0.25) is 0 Å². The first-order chi connectivity index (χ1) is 11.3. The molecule has 1 fully saturated rings. The van der Waals surface area contributed by atoms with Crippen LogP contribution in [-0.2, 0) is 4.74 Å². The number of para-hydroxylation sites is 1. The molecule has 0 amide bonds. The lowest BCUT2D eigenvalue weighted by Gasteiger charge is -2.29. The van der Waals surface area contributed by atoms with Gasteiger partial charge in [0.1, 0.15) is 5.82 Å². The summed E-state index contributed by atoms with van der Waals surface area (Å²) in [5.41, 5.74) is 2.03. The van der Waals surface area contributed by atoms with Crippen LogP contribution in [0, 0.1) is 3.57 Å². The Morgan fingerprint density at radius 3 is 2.38 bits per heavy atom. The fraction of sp³-hybridized carbons (Fsp3) is 0.222. The molecule has 3 aromatic rings. The van der Waals surface area contributed by atoms with E-state index in [4.69, 9.17) is 14.7 Å². The maximum atomic E-state index is 5.48. The predicted molar refractivity (Wildman–Crippen MR) is 108 cm³/mol. The van der Waals surface area contributed by atoms with Gasteiger partial charge >= 0.3 is 0 Å². The molecular weight excluding hydrogens is 437 g/mol. The zero-order valence-corrected chi connectivity index (χ0v) is 16.0. The van der Waals surface area contributed by atoms with Crippen LogP contribution in [0.2, 0.25) is 0 Å². The molecular formula is C18H17ClIN3O. The Kier molecular flexibility index (Phi) is 5.53. The van der Waals surface area contributed by atoms with Crippen molar-refractivity contribution in [2.45, 2.75) is 0 Å². The summed E-state index contributed by atoms with van der Waals surface area (Å²) in [6.45, 7) is 3.23. The van der Waals surface area contributed by atoms with Crippen LogP contribution in [0.25, 0.3) is 22.3 Å². The molecule has 0 saturated carbocycles. The summed E-state index contributed by atoms with van der Waals surface area (Å²) in [6, 6.07) is 16.5. The fourth-order valence-electron chi connectivity index (χ4n) is 2.80. The van der Waals surface area contributed by atoms with Crippen LogP contribution in [0.1, 0.15) is 0 Å². The quantitative estimate of drug-likeness (QED) is 0.546. The van der Waals surface area contributed by atoms with E-state index in [9.17, 15) is 0 Å². The summed E-state index contributed by atoms with van der Waals surface area (Å²) in [7, 11) is 0. The van der Waals surface area contributed by atoms with Crippen molar-refractivity contribution in [2.24, 2.45) is 0 Å². The highest BCUT2D eigenvalue weighted by Crippen LogP contribution is 2.28. The van der Waals surface area contributed by atoms with E-state index in [-0.39, 0.29) is 12.4 Å². The Morgan fingerprint density at radius 1 is 0.917 bits per heavy atom. The second-order valence-electron chi connectivity index (χ2n) is 5.49. The SMILES string of the molecule is Cl.Ic1ccc(-c2nc(N3CCOCC3)c3ccccc3n2)cc1. The van der Waals surface area contributed by atoms with Crippen molar-refractivity contribution < 1.29 is 4.74 Å². The summed E-state index contributed by atoms with van der Waals surface area (Å²) in [6.07, 6.45) is 0. The number of ether oxygens (including phenoxy) is 1. The molecule has 0 N–H and O–H groups in total. The van der Waals surface area contributed by atoms with E-state index in [1.807, 2.05) is 12.1 Å². The second kappa shape index (κ2) is 7.63. The molecule has 2 heterocycles. The Bertz CT molecular complexity index is 835. The van der Waals surface area contributed by atoms with Crippen molar-refractivity contribution in [3.8, 4) is 11.4 Å². The Balaban J connectivity index is 0.00000169. The Labute approximate surface area is 160 Å². The molecule has 4 nitrogen and oxygen atoms in total. The molecule has 4 rings (SSSR count). The number of hydrogen-bond acceptors (Lipinski definition) is 4. The van der Waals surface area contributed by atoms with E-state index in [0.717, 1.165) is 54.4 Å². The third-order valence-corrected chi connectivity index (χ3v) is 4.72. The van der Waals surface area contributed by atoms with Gasteiger partial charge < -0.3 is 9.64 Å². The number of hydrogen-bond donors (Lipinski definition) is 0. The maximum absolute atomic E-state index is 5.48. The molecule has 0 unspecified atom stereocenters. The fourth-order valence-corrected chi connectivity index (χ4v) is 3.16. The van der Waals surface area contributed by atoms with Crippen molar-refractivity contribution in [1.82, 2.24) is 9.97 Å². The van der Waals surface area contributed by atoms with Gasteiger partial charge in [-0.1, -0.05) is 24.3 Å². The number of anilines is 1. The number of nitrogens with zero attached hydrogens (tertiary/aromatic N) is 3. The van der Waals surface area contributed by atoms with Crippen LogP contribution in [-0.4, -0.2) is 36.3 Å². The largest absolute Gasteiger partial charge is 0.378 e. The first-order valence-corrected chi connectivity index (χ1v) is 8.74.